The molecule has 2 amide bonds. The maximum Gasteiger partial charge on any atom is 0.236 e. The van der Waals surface area contributed by atoms with Crippen LogP contribution in [-0.2, 0) is 16.1 Å². The Balaban J connectivity index is 1.69. The van der Waals surface area contributed by atoms with Crippen LogP contribution in [0.3, 0.4) is 0 Å². The lowest BCUT2D eigenvalue weighted by Gasteiger charge is -2.34. The van der Waals surface area contributed by atoms with Crippen molar-refractivity contribution in [3.8, 4) is 0 Å². The summed E-state index contributed by atoms with van der Waals surface area (Å²) < 4.78 is 0. The summed E-state index contributed by atoms with van der Waals surface area (Å²) in [6.07, 6.45) is 0. The van der Waals surface area contributed by atoms with Gasteiger partial charge in [-0.25, -0.2) is 0 Å². The minimum Gasteiger partial charge on any atom is -0.351 e. The van der Waals surface area contributed by atoms with Crippen LogP contribution in [0.25, 0.3) is 0 Å². The topological polar surface area (TPSA) is 55.9 Å². The molecule has 0 aromatic heterocycles. The van der Waals surface area contributed by atoms with Gasteiger partial charge in [0, 0.05) is 51.8 Å². The van der Waals surface area contributed by atoms with E-state index in [1.165, 1.54) is 0 Å². The van der Waals surface area contributed by atoms with E-state index in [9.17, 15) is 9.59 Å². The molecule has 0 radical (unpaired) electrons. The van der Waals surface area contributed by atoms with Crippen LogP contribution in [0.1, 0.15) is 5.56 Å². The Kier molecular flexibility index (Phi) is 7.02. The molecule has 1 N–H and O–H groups in total. The van der Waals surface area contributed by atoms with Gasteiger partial charge in [-0.3, -0.25) is 19.4 Å². The van der Waals surface area contributed by atoms with Gasteiger partial charge in [0.2, 0.25) is 11.8 Å². The molecule has 1 aliphatic heterocycles. The van der Waals surface area contributed by atoms with E-state index in [4.69, 9.17) is 11.6 Å². The molecule has 0 saturated carbocycles. The molecular weight excluding hydrogens is 328 g/mol. The highest BCUT2D eigenvalue weighted by atomic mass is 35.5. The fourth-order valence-corrected chi connectivity index (χ4v) is 2.74. The van der Waals surface area contributed by atoms with Gasteiger partial charge >= 0.3 is 0 Å². The highest BCUT2D eigenvalue weighted by molar-refractivity contribution is 6.31. The fraction of sp³-hybridized carbons (Fsp3) is 0.529. The summed E-state index contributed by atoms with van der Waals surface area (Å²) in [5.41, 5.74) is 0.916. The normalized spacial score (nSPS) is 16.0. The van der Waals surface area contributed by atoms with E-state index < -0.39 is 0 Å². The summed E-state index contributed by atoms with van der Waals surface area (Å²) in [5.74, 6) is 0.105. The van der Waals surface area contributed by atoms with Crippen molar-refractivity contribution in [2.24, 2.45) is 0 Å². The van der Waals surface area contributed by atoms with Gasteiger partial charge in [-0.2, -0.15) is 0 Å². The number of carbonyl (C=O) groups is 2. The molecule has 1 saturated heterocycles. The van der Waals surface area contributed by atoms with Crippen LogP contribution in [0, 0.1) is 0 Å². The van der Waals surface area contributed by atoms with Crippen molar-refractivity contribution in [1.29, 1.82) is 0 Å². The molecule has 0 bridgehead atoms. The van der Waals surface area contributed by atoms with Crippen molar-refractivity contribution in [1.82, 2.24) is 20.0 Å². The molecule has 24 heavy (non-hydrogen) atoms. The zero-order valence-electron chi connectivity index (χ0n) is 14.3. The van der Waals surface area contributed by atoms with E-state index >= 15 is 0 Å². The Hall–Kier alpha value is -1.63. The maximum atomic E-state index is 12.1. The third-order valence-electron chi connectivity index (χ3n) is 4.12. The zero-order chi connectivity index (χ0) is 17.5. The number of hydrogen-bond acceptors (Lipinski definition) is 4. The van der Waals surface area contributed by atoms with Crippen molar-refractivity contribution in [3.63, 3.8) is 0 Å². The van der Waals surface area contributed by atoms with Gasteiger partial charge in [0.15, 0.2) is 0 Å². The van der Waals surface area contributed by atoms with Gasteiger partial charge in [0.25, 0.3) is 0 Å². The summed E-state index contributed by atoms with van der Waals surface area (Å²) in [4.78, 5) is 29.6. The van der Waals surface area contributed by atoms with Crippen LogP contribution < -0.4 is 5.32 Å². The smallest absolute Gasteiger partial charge is 0.236 e. The van der Waals surface area contributed by atoms with Crippen LogP contribution in [-0.4, -0.2) is 79.9 Å². The first-order valence-electron chi connectivity index (χ1n) is 8.10. The number of nitrogens with one attached hydrogen (secondary N) is 1. The van der Waals surface area contributed by atoms with Gasteiger partial charge in [-0.15, -0.1) is 0 Å². The van der Waals surface area contributed by atoms with E-state index in [0.717, 1.165) is 31.7 Å². The third kappa shape index (κ3) is 5.78. The van der Waals surface area contributed by atoms with Gasteiger partial charge in [0.05, 0.1) is 13.1 Å². The van der Waals surface area contributed by atoms with Crippen LogP contribution in [0.2, 0.25) is 5.02 Å². The van der Waals surface area contributed by atoms with Crippen molar-refractivity contribution in [3.05, 3.63) is 34.9 Å². The first-order chi connectivity index (χ1) is 11.5. The number of likely N-dealkylation sites (N-methyl/N-ethyl adjacent to an activating group) is 1. The molecule has 0 atom stereocenters. The average molecular weight is 353 g/mol. The average Bonchev–Trinajstić information content (AvgIpc) is 2.56. The van der Waals surface area contributed by atoms with E-state index in [1.807, 2.05) is 24.3 Å². The third-order valence-corrected chi connectivity index (χ3v) is 4.49. The molecule has 132 valence electrons. The molecule has 1 aliphatic rings. The quantitative estimate of drug-likeness (QED) is 0.817. The van der Waals surface area contributed by atoms with Gasteiger partial charge in [-0.1, -0.05) is 29.8 Å². The van der Waals surface area contributed by atoms with E-state index in [1.54, 1.807) is 19.0 Å². The number of carbonyl (C=O) groups excluding carboxylic acids is 2. The zero-order valence-corrected chi connectivity index (χ0v) is 15.1. The van der Waals surface area contributed by atoms with E-state index in [2.05, 4.69) is 15.1 Å². The van der Waals surface area contributed by atoms with Crippen LogP contribution in [0.4, 0.5) is 0 Å². The van der Waals surface area contributed by atoms with Crippen molar-refractivity contribution >= 4 is 23.4 Å². The standard InChI is InChI=1S/C17H25ClN4O2/c1-20(2)17(24)13-22-9-7-21(8-10-22)12-16(23)19-11-14-5-3-4-6-15(14)18/h3-6H,7-13H2,1-2H3,(H,19,23). The molecule has 1 aromatic carbocycles. The predicted octanol–water partition coefficient (Wildman–Crippen LogP) is 0.662. The number of halogens is 1. The minimum atomic E-state index is -0.00672. The molecule has 2 rings (SSSR count). The number of rotatable bonds is 6. The molecule has 0 aliphatic carbocycles. The molecule has 1 fully saturated rings. The summed E-state index contributed by atoms with van der Waals surface area (Å²) in [5, 5.41) is 3.57. The Labute approximate surface area is 148 Å². The van der Waals surface area contributed by atoms with Crippen molar-refractivity contribution in [2.75, 3.05) is 53.4 Å². The van der Waals surface area contributed by atoms with Crippen molar-refractivity contribution < 1.29 is 9.59 Å². The second-order valence-corrected chi connectivity index (χ2v) is 6.62. The Morgan fingerprint density at radius 2 is 1.67 bits per heavy atom. The molecule has 6 nitrogen and oxygen atoms in total. The molecular formula is C17H25ClN4O2. The summed E-state index contributed by atoms with van der Waals surface area (Å²) in [6, 6.07) is 7.50. The fourth-order valence-electron chi connectivity index (χ4n) is 2.53. The monoisotopic (exact) mass is 352 g/mol. The second-order valence-electron chi connectivity index (χ2n) is 6.21. The molecule has 1 heterocycles. The van der Waals surface area contributed by atoms with E-state index in [0.29, 0.717) is 24.7 Å². The number of hydrogen-bond donors (Lipinski definition) is 1. The summed E-state index contributed by atoms with van der Waals surface area (Å²) in [7, 11) is 3.53. The lowest BCUT2D eigenvalue weighted by Crippen LogP contribution is -2.51. The van der Waals surface area contributed by atoms with Crippen LogP contribution in [0.5, 0.6) is 0 Å². The molecule has 0 unspecified atom stereocenters. The highest BCUT2D eigenvalue weighted by Gasteiger charge is 2.21. The van der Waals surface area contributed by atoms with E-state index in [-0.39, 0.29) is 11.8 Å². The Morgan fingerprint density at radius 3 is 2.25 bits per heavy atom. The Morgan fingerprint density at radius 1 is 1.08 bits per heavy atom. The number of amides is 2. The van der Waals surface area contributed by atoms with Crippen molar-refractivity contribution in [2.45, 2.75) is 6.54 Å². The van der Waals surface area contributed by atoms with Crippen LogP contribution in [0.15, 0.2) is 24.3 Å². The first kappa shape index (κ1) is 18.7. The summed E-state index contributed by atoms with van der Waals surface area (Å²) in [6.45, 7) is 4.45. The minimum absolute atomic E-state index is 0.00672. The van der Waals surface area contributed by atoms with Gasteiger partial charge in [0.1, 0.15) is 0 Å². The molecule has 7 heteroatoms. The first-order valence-corrected chi connectivity index (χ1v) is 8.48. The molecule has 0 spiro atoms. The van der Waals surface area contributed by atoms with Gasteiger partial charge < -0.3 is 10.2 Å². The number of piperazine rings is 1. The lowest BCUT2D eigenvalue weighted by atomic mass is 10.2. The van der Waals surface area contributed by atoms with Gasteiger partial charge in [-0.05, 0) is 11.6 Å². The summed E-state index contributed by atoms with van der Waals surface area (Å²) >= 11 is 6.08. The largest absolute Gasteiger partial charge is 0.351 e. The van der Waals surface area contributed by atoms with Crippen LogP contribution >= 0.6 is 11.6 Å². The predicted molar refractivity (Wildman–Crippen MR) is 94.9 cm³/mol. The highest BCUT2D eigenvalue weighted by Crippen LogP contribution is 2.14. The number of nitrogens with zero attached hydrogens (tertiary/aromatic N) is 3. The molecule has 1 aromatic rings. The maximum absolute atomic E-state index is 12.1. The number of benzene rings is 1. The SMILES string of the molecule is CN(C)C(=O)CN1CCN(CC(=O)NCc2ccccc2Cl)CC1. The Bertz CT molecular complexity index is 571. The second kappa shape index (κ2) is 9.01. The lowest BCUT2D eigenvalue weighted by molar-refractivity contribution is -0.131.